The van der Waals surface area contributed by atoms with E-state index in [1.807, 2.05) is 12.1 Å². The molecule has 1 aromatic carbocycles. The maximum absolute atomic E-state index is 9.92. The third-order valence-corrected chi connectivity index (χ3v) is 2.82. The van der Waals surface area contributed by atoms with Crippen LogP contribution >= 0.6 is 0 Å². The van der Waals surface area contributed by atoms with Crippen LogP contribution in [-0.2, 0) is 6.54 Å². The fourth-order valence-electron chi connectivity index (χ4n) is 1.68. The Hall–Kier alpha value is -1.22. The smallest absolute Gasteiger partial charge is 0.123 e. The van der Waals surface area contributed by atoms with Crippen LogP contribution in [0.1, 0.15) is 32.8 Å². The average molecular weight is 237 g/mol. The first-order valence-electron chi connectivity index (χ1n) is 6.38. The fraction of sp³-hybridized carbons (Fsp3) is 0.571. The topological polar surface area (TPSA) is 32.7 Å². The molecule has 0 saturated heterocycles. The van der Waals surface area contributed by atoms with Crippen molar-refractivity contribution in [3.8, 4) is 11.5 Å². The lowest BCUT2D eigenvalue weighted by molar-refractivity contribution is 0.289. The predicted octanol–water partition coefficient (Wildman–Crippen LogP) is 3.02. The maximum atomic E-state index is 9.92. The maximum Gasteiger partial charge on any atom is 0.123 e. The standard InChI is InChI=1S/C14H23NO2/c1-4-9-17-13-8-7-12(14(16)10-13)11-15(5-2)6-3/h7-8,10,16H,4-6,9,11H2,1-3H3. The van der Waals surface area contributed by atoms with E-state index in [9.17, 15) is 5.11 Å². The third-order valence-electron chi connectivity index (χ3n) is 2.82. The monoisotopic (exact) mass is 237 g/mol. The van der Waals surface area contributed by atoms with Crippen LogP contribution in [0.2, 0.25) is 0 Å². The van der Waals surface area contributed by atoms with Crippen LogP contribution in [0.4, 0.5) is 0 Å². The summed E-state index contributed by atoms with van der Waals surface area (Å²) in [6.07, 6.45) is 0.974. The van der Waals surface area contributed by atoms with Crippen molar-refractivity contribution in [1.82, 2.24) is 4.90 Å². The molecule has 0 spiro atoms. The van der Waals surface area contributed by atoms with Crippen molar-refractivity contribution >= 4 is 0 Å². The predicted molar refractivity (Wildman–Crippen MR) is 70.5 cm³/mol. The second kappa shape index (κ2) is 7.17. The third kappa shape index (κ3) is 4.27. The number of benzene rings is 1. The van der Waals surface area contributed by atoms with Crippen molar-refractivity contribution in [2.75, 3.05) is 19.7 Å². The summed E-state index contributed by atoms with van der Waals surface area (Å²) in [5, 5.41) is 9.92. The van der Waals surface area contributed by atoms with Crippen LogP contribution in [0, 0.1) is 0 Å². The van der Waals surface area contributed by atoms with Crippen molar-refractivity contribution in [1.29, 1.82) is 0 Å². The Morgan fingerprint density at radius 3 is 2.41 bits per heavy atom. The SMILES string of the molecule is CCCOc1ccc(CN(CC)CC)c(O)c1. The lowest BCUT2D eigenvalue weighted by Gasteiger charge is -2.19. The van der Waals surface area contributed by atoms with Crippen LogP contribution in [-0.4, -0.2) is 29.7 Å². The summed E-state index contributed by atoms with van der Waals surface area (Å²) in [4.78, 5) is 2.27. The number of phenolic OH excluding ortho intramolecular Hbond substituents is 1. The second-order valence-corrected chi connectivity index (χ2v) is 4.10. The molecule has 0 aliphatic rings. The van der Waals surface area contributed by atoms with E-state index in [1.54, 1.807) is 6.07 Å². The lowest BCUT2D eigenvalue weighted by Crippen LogP contribution is -2.22. The zero-order chi connectivity index (χ0) is 12.7. The highest BCUT2D eigenvalue weighted by Crippen LogP contribution is 2.24. The largest absolute Gasteiger partial charge is 0.507 e. The molecule has 0 amide bonds. The number of hydrogen-bond acceptors (Lipinski definition) is 3. The molecule has 3 heteroatoms. The molecular formula is C14H23NO2. The summed E-state index contributed by atoms with van der Waals surface area (Å²) >= 11 is 0. The summed E-state index contributed by atoms with van der Waals surface area (Å²) in [5.41, 5.74) is 0.956. The molecule has 1 aromatic rings. The number of rotatable bonds is 7. The van der Waals surface area contributed by atoms with Gasteiger partial charge in [-0.2, -0.15) is 0 Å². The minimum Gasteiger partial charge on any atom is -0.507 e. The number of nitrogens with zero attached hydrogens (tertiary/aromatic N) is 1. The van der Waals surface area contributed by atoms with E-state index in [2.05, 4.69) is 25.7 Å². The van der Waals surface area contributed by atoms with Gasteiger partial charge in [-0.15, -0.1) is 0 Å². The molecule has 3 nitrogen and oxygen atoms in total. The fourth-order valence-corrected chi connectivity index (χ4v) is 1.68. The summed E-state index contributed by atoms with van der Waals surface area (Å²) < 4.78 is 5.48. The first kappa shape index (κ1) is 13.8. The van der Waals surface area contributed by atoms with E-state index in [4.69, 9.17) is 4.74 Å². The van der Waals surface area contributed by atoms with Gasteiger partial charge < -0.3 is 9.84 Å². The summed E-state index contributed by atoms with van der Waals surface area (Å²) in [5.74, 6) is 1.07. The molecule has 0 aromatic heterocycles. The normalized spacial score (nSPS) is 10.8. The molecule has 0 fully saturated rings. The van der Waals surface area contributed by atoms with Crippen molar-refractivity contribution in [2.24, 2.45) is 0 Å². The molecule has 0 saturated carbocycles. The van der Waals surface area contributed by atoms with Gasteiger partial charge in [0, 0.05) is 18.2 Å². The van der Waals surface area contributed by atoms with E-state index >= 15 is 0 Å². The van der Waals surface area contributed by atoms with Gasteiger partial charge >= 0.3 is 0 Å². The van der Waals surface area contributed by atoms with Crippen molar-refractivity contribution in [2.45, 2.75) is 33.7 Å². The van der Waals surface area contributed by atoms with Gasteiger partial charge in [-0.05, 0) is 25.6 Å². The number of hydrogen-bond donors (Lipinski definition) is 1. The molecule has 0 heterocycles. The Kier molecular flexibility index (Phi) is 5.84. The van der Waals surface area contributed by atoms with E-state index in [-0.39, 0.29) is 0 Å². The average Bonchev–Trinajstić information content (AvgIpc) is 2.35. The molecule has 0 radical (unpaired) electrons. The van der Waals surface area contributed by atoms with Crippen LogP contribution in [0.25, 0.3) is 0 Å². The first-order chi connectivity index (χ1) is 8.21. The zero-order valence-corrected chi connectivity index (χ0v) is 11.1. The van der Waals surface area contributed by atoms with E-state index in [1.165, 1.54) is 0 Å². The minimum absolute atomic E-state index is 0.325. The number of phenols is 1. The van der Waals surface area contributed by atoms with Crippen LogP contribution < -0.4 is 4.74 Å². The van der Waals surface area contributed by atoms with Gasteiger partial charge in [0.25, 0.3) is 0 Å². The van der Waals surface area contributed by atoms with E-state index < -0.39 is 0 Å². The molecule has 96 valence electrons. The highest BCUT2D eigenvalue weighted by atomic mass is 16.5. The van der Waals surface area contributed by atoms with Gasteiger partial charge in [0.15, 0.2) is 0 Å². The summed E-state index contributed by atoms with van der Waals surface area (Å²) in [7, 11) is 0. The number of aromatic hydroxyl groups is 1. The molecule has 1 rings (SSSR count). The van der Waals surface area contributed by atoms with Crippen molar-refractivity contribution in [3.05, 3.63) is 23.8 Å². The molecule has 0 atom stereocenters. The van der Waals surface area contributed by atoms with Crippen molar-refractivity contribution in [3.63, 3.8) is 0 Å². The highest BCUT2D eigenvalue weighted by molar-refractivity contribution is 5.39. The highest BCUT2D eigenvalue weighted by Gasteiger charge is 2.07. The minimum atomic E-state index is 0.325. The molecule has 0 aliphatic carbocycles. The van der Waals surface area contributed by atoms with E-state index in [0.717, 1.165) is 37.4 Å². The zero-order valence-electron chi connectivity index (χ0n) is 11.1. The van der Waals surface area contributed by atoms with Gasteiger partial charge in [0.2, 0.25) is 0 Å². The Balaban J connectivity index is 2.68. The number of ether oxygens (including phenoxy) is 1. The van der Waals surface area contributed by atoms with Crippen LogP contribution in [0.5, 0.6) is 11.5 Å². The van der Waals surface area contributed by atoms with Crippen LogP contribution in [0.15, 0.2) is 18.2 Å². The van der Waals surface area contributed by atoms with Gasteiger partial charge in [0.05, 0.1) is 6.61 Å². The van der Waals surface area contributed by atoms with Crippen LogP contribution in [0.3, 0.4) is 0 Å². The van der Waals surface area contributed by atoms with Gasteiger partial charge in [-0.1, -0.05) is 26.8 Å². The van der Waals surface area contributed by atoms with Gasteiger partial charge in [-0.3, -0.25) is 4.90 Å². The Morgan fingerprint density at radius 2 is 1.88 bits per heavy atom. The molecule has 0 bridgehead atoms. The molecule has 17 heavy (non-hydrogen) atoms. The molecule has 0 aliphatic heterocycles. The second-order valence-electron chi connectivity index (χ2n) is 4.10. The Morgan fingerprint density at radius 1 is 1.18 bits per heavy atom. The van der Waals surface area contributed by atoms with E-state index in [0.29, 0.717) is 12.4 Å². The molecule has 0 unspecified atom stereocenters. The first-order valence-corrected chi connectivity index (χ1v) is 6.38. The molecular weight excluding hydrogens is 214 g/mol. The van der Waals surface area contributed by atoms with Gasteiger partial charge in [0.1, 0.15) is 11.5 Å². The lowest BCUT2D eigenvalue weighted by atomic mass is 10.1. The summed E-state index contributed by atoms with van der Waals surface area (Å²) in [6.45, 7) is 9.77. The quantitative estimate of drug-likeness (QED) is 0.791. The summed E-state index contributed by atoms with van der Waals surface area (Å²) in [6, 6.07) is 5.57. The van der Waals surface area contributed by atoms with Crippen molar-refractivity contribution < 1.29 is 9.84 Å². The molecule has 1 N–H and O–H groups in total. The Bertz CT molecular complexity index is 335. The Labute approximate surface area is 104 Å². The van der Waals surface area contributed by atoms with Gasteiger partial charge in [-0.25, -0.2) is 0 Å².